The molecule has 4 heteroatoms. The van der Waals surface area contributed by atoms with E-state index < -0.39 is 0 Å². The van der Waals surface area contributed by atoms with Gasteiger partial charge in [0, 0.05) is 18.4 Å². The lowest BCUT2D eigenvalue weighted by Crippen LogP contribution is -1.85. The Hall–Kier alpha value is -2.10. The van der Waals surface area contributed by atoms with E-state index in [4.69, 9.17) is 4.42 Å². The first kappa shape index (κ1) is 8.23. The molecule has 3 rings (SSSR count). The van der Waals surface area contributed by atoms with E-state index in [2.05, 4.69) is 9.97 Å². The minimum absolute atomic E-state index is 0.0668. The zero-order valence-electron chi connectivity index (χ0n) is 8.07. The number of imidazole rings is 1. The molecule has 0 atom stereocenters. The summed E-state index contributed by atoms with van der Waals surface area (Å²) < 4.78 is 5.41. The molecule has 15 heavy (non-hydrogen) atoms. The summed E-state index contributed by atoms with van der Waals surface area (Å²) in [5, 5.41) is 0.903. The Morgan fingerprint density at radius 2 is 2.27 bits per heavy atom. The van der Waals surface area contributed by atoms with E-state index in [0.29, 0.717) is 11.3 Å². The van der Waals surface area contributed by atoms with Crippen molar-refractivity contribution in [1.29, 1.82) is 0 Å². The van der Waals surface area contributed by atoms with Gasteiger partial charge in [-0.05, 0) is 12.1 Å². The molecule has 0 aliphatic rings. The first-order chi connectivity index (χ1) is 7.24. The number of furan rings is 1. The second kappa shape index (κ2) is 2.70. The van der Waals surface area contributed by atoms with Crippen LogP contribution in [0, 0.1) is 0 Å². The van der Waals surface area contributed by atoms with Gasteiger partial charge in [-0.3, -0.25) is 4.79 Å². The lowest BCUT2D eigenvalue weighted by atomic mass is 10.2. The van der Waals surface area contributed by atoms with Crippen LogP contribution >= 0.6 is 0 Å². The van der Waals surface area contributed by atoms with Gasteiger partial charge in [0.15, 0.2) is 11.5 Å². The molecule has 4 nitrogen and oxygen atoms in total. The standard InChI is InChI=1S/C11H8N2O2/c1-6(14)10-3-7-2-8-9(13-5-12-8)4-11(7)15-10/h2-5H,1H3,(H,12,13). The van der Waals surface area contributed by atoms with Crippen molar-refractivity contribution in [3.05, 3.63) is 30.3 Å². The highest BCUT2D eigenvalue weighted by Crippen LogP contribution is 2.23. The van der Waals surface area contributed by atoms with Crippen LogP contribution in [0.2, 0.25) is 0 Å². The number of H-pyrrole nitrogens is 1. The molecular weight excluding hydrogens is 192 g/mol. The van der Waals surface area contributed by atoms with Crippen molar-refractivity contribution in [3.63, 3.8) is 0 Å². The summed E-state index contributed by atoms with van der Waals surface area (Å²) in [6.07, 6.45) is 1.63. The summed E-state index contributed by atoms with van der Waals surface area (Å²) in [6, 6.07) is 5.49. The molecule has 0 radical (unpaired) electrons. The Kier molecular flexibility index (Phi) is 1.48. The fraction of sp³-hybridized carbons (Fsp3) is 0.0909. The topological polar surface area (TPSA) is 58.9 Å². The maximum absolute atomic E-state index is 11.1. The number of fused-ring (bicyclic) bond motifs is 2. The number of hydrogen-bond donors (Lipinski definition) is 1. The predicted octanol–water partition coefficient (Wildman–Crippen LogP) is 2.51. The molecule has 0 bridgehead atoms. The van der Waals surface area contributed by atoms with Crippen LogP contribution in [0.15, 0.2) is 28.9 Å². The van der Waals surface area contributed by atoms with Crippen molar-refractivity contribution in [3.8, 4) is 0 Å². The quantitative estimate of drug-likeness (QED) is 0.614. The van der Waals surface area contributed by atoms with Gasteiger partial charge in [-0.2, -0.15) is 0 Å². The van der Waals surface area contributed by atoms with E-state index in [0.717, 1.165) is 16.4 Å². The molecule has 3 aromatic rings. The highest BCUT2D eigenvalue weighted by molar-refractivity contribution is 5.99. The van der Waals surface area contributed by atoms with Gasteiger partial charge in [0.25, 0.3) is 0 Å². The third-order valence-corrected chi connectivity index (χ3v) is 2.41. The number of carbonyl (C=O) groups is 1. The molecule has 0 fully saturated rings. The molecule has 0 unspecified atom stereocenters. The van der Waals surface area contributed by atoms with Gasteiger partial charge >= 0.3 is 0 Å². The molecule has 0 spiro atoms. The predicted molar refractivity (Wildman–Crippen MR) is 55.9 cm³/mol. The van der Waals surface area contributed by atoms with E-state index >= 15 is 0 Å². The Bertz CT molecular complexity index is 615. The summed E-state index contributed by atoms with van der Waals surface area (Å²) in [5.74, 6) is 0.320. The summed E-state index contributed by atoms with van der Waals surface area (Å²) in [4.78, 5) is 18.3. The van der Waals surface area contributed by atoms with E-state index in [1.165, 1.54) is 6.92 Å². The smallest absolute Gasteiger partial charge is 0.194 e. The largest absolute Gasteiger partial charge is 0.453 e. The van der Waals surface area contributed by atoms with Crippen LogP contribution in [0.4, 0.5) is 0 Å². The summed E-state index contributed by atoms with van der Waals surface area (Å²) in [7, 11) is 0. The number of benzene rings is 1. The first-order valence-electron chi connectivity index (χ1n) is 4.61. The SMILES string of the molecule is CC(=O)c1cc2cc3nc[nH]c3cc2o1. The lowest BCUT2D eigenvalue weighted by Gasteiger charge is -1.88. The summed E-state index contributed by atoms with van der Waals surface area (Å²) >= 11 is 0. The van der Waals surface area contributed by atoms with Gasteiger partial charge in [0.2, 0.25) is 0 Å². The average molecular weight is 200 g/mol. The van der Waals surface area contributed by atoms with Crippen LogP contribution in [0.5, 0.6) is 0 Å². The number of aromatic amines is 1. The molecule has 74 valence electrons. The van der Waals surface area contributed by atoms with E-state index in [1.54, 1.807) is 12.4 Å². The maximum atomic E-state index is 11.1. The Labute approximate surface area is 84.9 Å². The van der Waals surface area contributed by atoms with E-state index in [1.807, 2.05) is 12.1 Å². The van der Waals surface area contributed by atoms with Crippen LogP contribution in [0.25, 0.3) is 22.0 Å². The fourth-order valence-corrected chi connectivity index (χ4v) is 1.64. The molecule has 2 aromatic heterocycles. The number of nitrogens with zero attached hydrogens (tertiary/aromatic N) is 1. The number of carbonyl (C=O) groups excluding carboxylic acids is 1. The van der Waals surface area contributed by atoms with Gasteiger partial charge in [-0.1, -0.05) is 0 Å². The number of hydrogen-bond acceptors (Lipinski definition) is 3. The highest BCUT2D eigenvalue weighted by atomic mass is 16.3. The minimum atomic E-state index is -0.0668. The van der Waals surface area contributed by atoms with Crippen molar-refractivity contribution >= 4 is 27.8 Å². The van der Waals surface area contributed by atoms with Crippen molar-refractivity contribution in [2.45, 2.75) is 6.92 Å². The number of aromatic nitrogens is 2. The third kappa shape index (κ3) is 1.15. The molecule has 2 heterocycles. The van der Waals surface area contributed by atoms with E-state index in [-0.39, 0.29) is 5.78 Å². The fourth-order valence-electron chi connectivity index (χ4n) is 1.64. The van der Waals surface area contributed by atoms with Gasteiger partial charge < -0.3 is 9.40 Å². The van der Waals surface area contributed by atoms with Crippen LogP contribution < -0.4 is 0 Å². The summed E-state index contributed by atoms with van der Waals surface area (Å²) in [6.45, 7) is 1.49. The second-order valence-corrected chi connectivity index (χ2v) is 3.48. The van der Waals surface area contributed by atoms with Crippen LogP contribution in [-0.2, 0) is 0 Å². The van der Waals surface area contributed by atoms with Crippen molar-refractivity contribution < 1.29 is 9.21 Å². The van der Waals surface area contributed by atoms with Gasteiger partial charge in [0.05, 0.1) is 17.4 Å². The minimum Gasteiger partial charge on any atom is -0.453 e. The highest BCUT2D eigenvalue weighted by Gasteiger charge is 2.09. The Balaban J connectivity index is 2.38. The zero-order valence-corrected chi connectivity index (χ0v) is 8.07. The first-order valence-corrected chi connectivity index (χ1v) is 4.61. The molecule has 1 N–H and O–H groups in total. The Morgan fingerprint density at radius 3 is 3.07 bits per heavy atom. The molecular formula is C11H8N2O2. The average Bonchev–Trinajstić information content (AvgIpc) is 2.77. The number of rotatable bonds is 1. The molecule has 0 aliphatic carbocycles. The maximum Gasteiger partial charge on any atom is 0.194 e. The van der Waals surface area contributed by atoms with Crippen LogP contribution in [-0.4, -0.2) is 15.8 Å². The zero-order chi connectivity index (χ0) is 10.4. The van der Waals surface area contributed by atoms with Crippen LogP contribution in [0.1, 0.15) is 17.5 Å². The normalized spacial score (nSPS) is 11.3. The van der Waals surface area contributed by atoms with Crippen LogP contribution in [0.3, 0.4) is 0 Å². The van der Waals surface area contributed by atoms with Gasteiger partial charge in [-0.25, -0.2) is 4.98 Å². The third-order valence-electron chi connectivity index (χ3n) is 2.41. The second-order valence-electron chi connectivity index (χ2n) is 3.48. The molecule has 0 saturated heterocycles. The van der Waals surface area contributed by atoms with Gasteiger partial charge in [-0.15, -0.1) is 0 Å². The molecule has 0 amide bonds. The Morgan fingerprint density at radius 1 is 1.40 bits per heavy atom. The number of ketones is 1. The number of Topliss-reactive ketones (excluding diaryl/α,β-unsaturated/α-hetero) is 1. The van der Waals surface area contributed by atoms with Gasteiger partial charge in [0.1, 0.15) is 5.58 Å². The van der Waals surface area contributed by atoms with E-state index in [9.17, 15) is 4.79 Å². The molecule has 0 saturated carbocycles. The van der Waals surface area contributed by atoms with Crippen molar-refractivity contribution in [1.82, 2.24) is 9.97 Å². The summed E-state index contributed by atoms with van der Waals surface area (Å²) in [5.41, 5.74) is 2.49. The van der Waals surface area contributed by atoms with Crippen molar-refractivity contribution in [2.24, 2.45) is 0 Å². The lowest BCUT2D eigenvalue weighted by molar-refractivity contribution is 0.0989. The molecule has 1 aromatic carbocycles. The monoisotopic (exact) mass is 200 g/mol. The molecule has 0 aliphatic heterocycles. The van der Waals surface area contributed by atoms with Crippen molar-refractivity contribution in [2.75, 3.05) is 0 Å². The number of nitrogens with one attached hydrogen (secondary N) is 1.